The first-order valence-corrected chi connectivity index (χ1v) is 9.43. The van der Waals surface area contributed by atoms with Crippen molar-refractivity contribution in [3.63, 3.8) is 0 Å². The largest absolute Gasteiger partial charge is 0.378 e. The van der Waals surface area contributed by atoms with Gasteiger partial charge in [0.25, 0.3) is 5.91 Å². The van der Waals surface area contributed by atoms with Gasteiger partial charge in [-0.2, -0.15) is 5.10 Å². The molecule has 0 radical (unpaired) electrons. The fourth-order valence-corrected chi connectivity index (χ4v) is 3.21. The molecule has 0 aliphatic carbocycles. The standard InChI is InChI=1S/C20H20ClN5O2/c21-18-4-2-1-3-15(18)13-26-14-16(11-23-26)20(27)24-17-5-6-19(22-12-17)25-7-9-28-10-8-25/h1-6,11-12,14H,7-10,13H2,(H,24,27). The number of nitrogens with zero attached hydrogens (tertiary/aromatic N) is 4. The highest BCUT2D eigenvalue weighted by molar-refractivity contribution is 6.31. The SMILES string of the molecule is O=C(Nc1ccc(N2CCOCC2)nc1)c1cnn(Cc2ccccc2Cl)c1. The van der Waals surface area contributed by atoms with Gasteiger partial charge in [0.2, 0.25) is 0 Å². The van der Waals surface area contributed by atoms with Crippen molar-refractivity contribution in [1.82, 2.24) is 14.8 Å². The third-order valence-corrected chi connectivity index (χ3v) is 4.90. The van der Waals surface area contributed by atoms with Gasteiger partial charge in [-0.15, -0.1) is 0 Å². The monoisotopic (exact) mass is 397 g/mol. The first-order valence-electron chi connectivity index (χ1n) is 9.05. The minimum atomic E-state index is -0.230. The summed E-state index contributed by atoms with van der Waals surface area (Å²) >= 11 is 6.18. The van der Waals surface area contributed by atoms with Gasteiger partial charge in [-0.25, -0.2) is 4.98 Å². The molecule has 2 aromatic heterocycles. The van der Waals surface area contributed by atoms with E-state index < -0.39 is 0 Å². The van der Waals surface area contributed by atoms with Crippen LogP contribution in [0.5, 0.6) is 0 Å². The van der Waals surface area contributed by atoms with E-state index in [-0.39, 0.29) is 5.91 Å². The number of morpholine rings is 1. The number of pyridine rings is 1. The molecule has 4 rings (SSSR count). The normalized spacial score (nSPS) is 14.1. The number of ether oxygens (including phenoxy) is 1. The van der Waals surface area contributed by atoms with Crippen LogP contribution < -0.4 is 10.2 Å². The molecule has 0 bridgehead atoms. The summed E-state index contributed by atoms with van der Waals surface area (Å²) in [6.45, 7) is 3.56. The summed E-state index contributed by atoms with van der Waals surface area (Å²) in [6.07, 6.45) is 4.91. The maximum Gasteiger partial charge on any atom is 0.258 e. The van der Waals surface area contributed by atoms with Crippen LogP contribution in [0.3, 0.4) is 0 Å². The van der Waals surface area contributed by atoms with Crippen LogP contribution in [0.25, 0.3) is 0 Å². The topological polar surface area (TPSA) is 72.3 Å². The number of anilines is 2. The van der Waals surface area contributed by atoms with E-state index >= 15 is 0 Å². The van der Waals surface area contributed by atoms with Crippen molar-refractivity contribution >= 4 is 29.0 Å². The Labute approximate surface area is 167 Å². The van der Waals surface area contributed by atoms with Crippen LogP contribution >= 0.6 is 11.6 Å². The molecule has 1 aliphatic rings. The highest BCUT2D eigenvalue weighted by Gasteiger charge is 2.13. The highest BCUT2D eigenvalue weighted by Crippen LogP contribution is 2.18. The molecular weight excluding hydrogens is 378 g/mol. The van der Waals surface area contributed by atoms with Crippen molar-refractivity contribution < 1.29 is 9.53 Å². The Bertz CT molecular complexity index is 951. The van der Waals surface area contributed by atoms with Gasteiger partial charge in [-0.3, -0.25) is 9.48 Å². The number of carbonyl (C=O) groups excluding carboxylic acids is 1. The summed E-state index contributed by atoms with van der Waals surface area (Å²) in [5.74, 6) is 0.653. The van der Waals surface area contributed by atoms with E-state index in [1.54, 1.807) is 23.3 Å². The van der Waals surface area contributed by atoms with E-state index in [4.69, 9.17) is 16.3 Å². The number of rotatable bonds is 5. The molecular formula is C20H20ClN5O2. The fraction of sp³-hybridized carbons (Fsp3) is 0.250. The highest BCUT2D eigenvalue weighted by atomic mass is 35.5. The van der Waals surface area contributed by atoms with Crippen LogP contribution in [0.2, 0.25) is 5.02 Å². The summed E-state index contributed by atoms with van der Waals surface area (Å²) < 4.78 is 7.04. The molecule has 1 amide bonds. The minimum absolute atomic E-state index is 0.230. The molecule has 0 spiro atoms. The molecule has 0 saturated carbocycles. The predicted octanol–water partition coefficient (Wildman–Crippen LogP) is 3.07. The number of hydrogen-bond acceptors (Lipinski definition) is 5. The summed E-state index contributed by atoms with van der Waals surface area (Å²) in [5.41, 5.74) is 2.06. The molecule has 1 N–H and O–H groups in total. The second-order valence-corrected chi connectivity index (χ2v) is 6.88. The van der Waals surface area contributed by atoms with Crippen molar-refractivity contribution in [2.75, 3.05) is 36.5 Å². The first kappa shape index (κ1) is 18.5. The number of halogens is 1. The van der Waals surface area contributed by atoms with Crippen LogP contribution in [0.4, 0.5) is 11.5 Å². The molecule has 0 unspecified atom stereocenters. The Morgan fingerprint density at radius 3 is 2.71 bits per heavy atom. The van der Waals surface area contributed by atoms with Crippen LogP contribution in [0, 0.1) is 0 Å². The lowest BCUT2D eigenvalue weighted by Gasteiger charge is -2.27. The van der Waals surface area contributed by atoms with E-state index in [2.05, 4.69) is 20.3 Å². The Balaban J connectivity index is 1.38. The second kappa shape index (κ2) is 8.41. The molecule has 3 aromatic rings. The minimum Gasteiger partial charge on any atom is -0.378 e. The van der Waals surface area contributed by atoms with Crippen LogP contribution in [0.1, 0.15) is 15.9 Å². The molecule has 1 aromatic carbocycles. The molecule has 7 nitrogen and oxygen atoms in total. The van der Waals surface area contributed by atoms with Gasteiger partial charge in [-0.05, 0) is 23.8 Å². The second-order valence-electron chi connectivity index (χ2n) is 6.48. The summed E-state index contributed by atoms with van der Waals surface area (Å²) in [6, 6.07) is 11.3. The predicted molar refractivity (Wildman–Crippen MR) is 108 cm³/mol. The number of hydrogen-bond donors (Lipinski definition) is 1. The maximum absolute atomic E-state index is 12.5. The van der Waals surface area contributed by atoms with Gasteiger partial charge in [0.15, 0.2) is 0 Å². The Hall–Kier alpha value is -2.90. The Morgan fingerprint density at radius 2 is 1.96 bits per heavy atom. The summed E-state index contributed by atoms with van der Waals surface area (Å²) in [4.78, 5) is 19.1. The van der Waals surface area contributed by atoms with Gasteiger partial charge in [0.05, 0.1) is 43.4 Å². The molecule has 0 atom stereocenters. The lowest BCUT2D eigenvalue weighted by molar-refractivity contribution is 0.102. The quantitative estimate of drug-likeness (QED) is 0.716. The third kappa shape index (κ3) is 4.32. The third-order valence-electron chi connectivity index (χ3n) is 4.53. The molecule has 1 saturated heterocycles. The lowest BCUT2D eigenvalue weighted by atomic mass is 10.2. The molecule has 8 heteroatoms. The number of nitrogens with one attached hydrogen (secondary N) is 1. The summed E-state index contributed by atoms with van der Waals surface area (Å²) in [5, 5.41) is 7.78. The fourth-order valence-electron chi connectivity index (χ4n) is 3.01. The molecule has 28 heavy (non-hydrogen) atoms. The maximum atomic E-state index is 12.5. The van der Waals surface area contributed by atoms with E-state index in [0.717, 1.165) is 24.5 Å². The van der Waals surface area contributed by atoms with Crippen molar-refractivity contribution in [3.8, 4) is 0 Å². The Morgan fingerprint density at radius 1 is 1.14 bits per heavy atom. The van der Waals surface area contributed by atoms with Gasteiger partial charge >= 0.3 is 0 Å². The zero-order valence-electron chi connectivity index (χ0n) is 15.2. The van der Waals surface area contributed by atoms with Gasteiger partial charge in [-0.1, -0.05) is 29.8 Å². The van der Waals surface area contributed by atoms with E-state index in [1.165, 1.54) is 0 Å². The molecule has 3 heterocycles. The lowest BCUT2D eigenvalue weighted by Crippen LogP contribution is -2.36. The van der Waals surface area contributed by atoms with Gasteiger partial charge in [0.1, 0.15) is 5.82 Å². The van der Waals surface area contributed by atoms with Crippen LogP contribution in [-0.4, -0.2) is 47.0 Å². The van der Waals surface area contributed by atoms with Crippen molar-refractivity contribution in [2.45, 2.75) is 6.54 Å². The number of benzene rings is 1. The van der Waals surface area contributed by atoms with Crippen molar-refractivity contribution in [1.29, 1.82) is 0 Å². The summed E-state index contributed by atoms with van der Waals surface area (Å²) in [7, 11) is 0. The van der Waals surface area contributed by atoms with Crippen molar-refractivity contribution in [2.24, 2.45) is 0 Å². The van der Waals surface area contributed by atoms with Crippen molar-refractivity contribution in [3.05, 3.63) is 71.1 Å². The zero-order valence-corrected chi connectivity index (χ0v) is 16.0. The number of carbonyl (C=O) groups is 1. The van der Waals surface area contributed by atoms with Crippen LogP contribution in [0.15, 0.2) is 55.0 Å². The average molecular weight is 398 g/mol. The van der Waals surface area contributed by atoms with Gasteiger partial charge < -0.3 is 15.0 Å². The first-order chi connectivity index (χ1) is 13.7. The van der Waals surface area contributed by atoms with Gasteiger partial charge in [0, 0.05) is 24.3 Å². The average Bonchev–Trinajstić information content (AvgIpc) is 3.20. The number of aromatic nitrogens is 3. The smallest absolute Gasteiger partial charge is 0.258 e. The molecule has 1 aliphatic heterocycles. The zero-order chi connectivity index (χ0) is 19.3. The molecule has 1 fully saturated rings. The van der Waals surface area contributed by atoms with E-state index in [1.807, 2.05) is 36.4 Å². The van der Waals surface area contributed by atoms with E-state index in [9.17, 15) is 4.79 Å². The number of amides is 1. The van der Waals surface area contributed by atoms with Crippen LogP contribution in [-0.2, 0) is 11.3 Å². The molecule has 144 valence electrons. The van der Waals surface area contributed by atoms with E-state index in [0.29, 0.717) is 36.0 Å². The Kier molecular flexibility index (Phi) is 5.55.